The highest BCUT2D eigenvalue weighted by atomic mass is 16.2. The van der Waals surface area contributed by atoms with Crippen LogP contribution in [0.3, 0.4) is 0 Å². The second-order valence-corrected chi connectivity index (χ2v) is 5.25. The summed E-state index contributed by atoms with van der Waals surface area (Å²) in [6.45, 7) is 2.34. The minimum atomic E-state index is -0.223. The summed E-state index contributed by atoms with van der Waals surface area (Å²) in [5.41, 5.74) is 2.38. The maximum Gasteiger partial charge on any atom is 0.241 e. The number of carbonyl (C=O) groups is 1. The summed E-state index contributed by atoms with van der Waals surface area (Å²) < 4.78 is 1.88. The Kier molecular flexibility index (Phi) is 4.31. The van der Waals surface area contributed by atoms with Crippen LogP contribution in [0.4, 0.5) is 0 Å². The van der Waals surface area contributed by atoms with E-state index in [1.165, 1.54) is 5.56 Å². The van der Waals surface area contributed by atoms with Crippen LogP contribution >= 0.6 is 0 Å². The molecule has 1 aromatic carbocycles. The van der Waals surface area contributed by atoms with Crippen molar-refractivity contribution >= 4 is 5.91 Å². The number of hydrogen-bond acceptors (Lipinski definition) is 3. The number of carbonyl (C=O) groups excluding carboxylic acids is 1. The van der Waals surface area contributed by atoms with E-state index in [1.807, 2.05) is 35.1 Å². The Hall–Kier alpha value is -2.14. The van der Waals surface area contributed by atoms with Gasteiger partial charge >= 0.3 is 0 Å². The second kappa shape index (κ2) is 6.54. The molecule has 0 saturated carbocycles. The summed E-state index contributed by atoms with van der Waals surface area (Å²) in [7, 11) is 0. The number of aromatic nitrogens is 2. The number of hydrogen-bond donors (Lipinski definition) is 2. The van der Waals surface area contributed by atoms with Gasteiger partial charge in [-0.2, -0.15) is 5.10 Å². The first-order valence-electron chi connectivity index (χ1n) is 7.41. The molecule has 1 unspecified atom stereocenters. The lowest BCUT2D eigenvalue weighted by atomic mass is 9.94. The second-order valence-electron chi connectivity index (χ2n) is 5.25. The van der Waals surface area contributed by atoms with Crippen LogP contribution in [0.5, 0.6) is 0 Å². The molecular formula is C16H20N4O. The minimum absolute atomic E-state index is 0.0580. The van der Waals surface area contributed by atoms with Crippen molar-refractivity contribution in [1.82, 2.24) is 20.4 Å². The number of amides is 1. The van der Waals surface area contributed by atoms with Crippen LogP contribution < -0.4 is 10.6 Å². The molecule has 0 fully saturated rings. The van der Waals surface area contributed by atoms with Gasteiger partial charge in [-0.15, -0.1) is 0 Å². The van der Waals surface area contributed by atoms with Crippen LogP contribution in [0, 0.1) is 0 Å². The Balaban J connectivity index is 1.52. The zero-order chi connectivity index (χ0) is 14.5. The topological polar surface area (TPSA) is 59.0 Å². The van der Waals surface area contributed by atoms with Crippen LogP contribution in [0.25, 0.3) is 0 Å². The van der Waals surface area contributed by atoms with Gasteiger partial charge in [0.2, 0.25) is 5.91 Å². The summed E-state index contributed by atoms with van der Waals surface area (Å²) >= 11 is 0. The van der Waals surface area contributed by atoms with Gasteiger partial charge in [-0.1, -0.05) is 24.3 Å². The van der Waals surface area contributed by atoms with Gasteiger partial charge < -0.3 is 10.6 Å². The molecule has 5 nitrogen and oxygen atoms in total. The fraction of sp³-hybridized carbons (Fsp3) is 0.375. The molecule has 2 N–H and O–H groups in total. The molecule has 1 amide bonds. The molecule has 2 aromatic rings. The number of aryl methyl sites for hydroxylation is 1. The van der Waals surface area contributed by atoms with Gasteiger partial charge in [0.05, 0.1) is 0 Å². The Morgan fingerprint density at radius 3 is 3.14 bits per heavy atom. The van der Waals surface area contributed by atoms with Crippen LogP contribution in [-0.4, -0.2) is 28.8 Å². The third-order valence-corrected chi connectivity index (χ3v) is 3.79. The van der Waals surface area contributed by atoms with E-state index < -0.39 is 0 Å². The van der Waals surface area contributed by atoms with Gasteiger partial charge in [0.15, 0.2) is 0 Å². The Bertz CT molecular complexity index is 594. The lowest BCUT2D eigenvalue weighted by Crippen LogP contribution is -2.41. The monoisotopic (exact) mass is 284 g/mol. The van der Waals surface area contributed by atoms with E-state index in [0.717, 1.165) is 31.5 Å². The Morgan fingerprint density at radius 2 is 2.29 bits per heavy atom. The van der Waals surface area contributed by atoms with Crippen molar-refractivity contribution in [2.45, 2.75) is 25.4 Å². The maximum atomic E-state index is 12.3. The molecule has 0 aliphatic carbocycles. The van der Waals surface area contributed by atoms with Gasteiger partial charge in [-0.25, -0.2) is 0 Å². The largest absolute Gasteiger partial charge is 0.354 e. The molecule has 110 valence electrons. The van der Waals surface area contributed by atoms with E-state index in [-0.39, 0.29) is 11.9 Å². The normalized spacial score (nSPS) is 17.2. The highest BCUT2D eigenvalue weighted by Crippen LogP contribution is 2.22. The van der Waals surface area contributed by atoms with Crippen molar-refractivity contribution in [3.8, 4) is 0 Å². The SMILES string of the molecule is O=C(NCCCn1cccn1)C1NCCc2ccccc21. The summed E-state index contributed by atoms with van der Waals surface area (Å²) in [6.07, 6.45) is 5.56. The first kappa shape index (κ1) is 13.8. The van der Waals surface area contributed by atoms with Crippen molar-refractivity contribution in [2.24, 2.45) is 0 Å². The molecule has 1 aliphatic rings. The highest BCUT2D eigenvalue weighted by Gasteiger charge is 2.25. The van der Waals surface area contributed by atoms with E-state index in [4.69, 9.17) is 0 Å². The van der Waals surface area contributed by atoms with Crippen molar-refractivity contribution < 1.29 is 4.79 Å². The van der Waals surface area contributed by atoms with Gasteiger partial charge in [-0.3, -0.25) is 9.48 Å². The average molecular weight is 284 g/mol. The zero-order valence-corrected chi connectivity index (χ0v) is 12.0. The van der Waals surface area contributed by atoms with Crippen molar-refractivity contribution in [3.63, 3.8) is 0 Å². The van der Waals surface area contributed by atoms with Crippen molar-refractivity contribution in [2.75, 3.05) is 13.1 Å². The molecule has 0 radical (unpaired) electrons. The zero-order valence-electron chi connectivity index (χ0n) is 12.0. The fourth-order valence-electron chi connectivity index (χ4n) is 2.73. The number of benzene rings is 1. The molecule has 2 heterocycles. The van der Waals surface area contributed by atoms with E-state index in [0.29, 0.717) is 6.54 Å². The van der Waals surface area contributed by atoms with Crippen molar-refractivity contribution in [3.05, 3.63) is 53.9 Å². The Labute approximate surface area is 124 Å². The molecule has 0 bridgehead atoms. The third-order valence-electron chi connectivity index (χ3n) is 3.79. The molecule has 21 heavy (non-hydrogen) atoms. The molecule has 0 spiro atoms. The molecule has 1 aliphatic heterocycles. The highest BCUT2D eigenvalue weighted by molar-refractivity contribution is 5.83. The van der Waals surface area contributed by atoms with Gasteiger partial charge in [0.1, 0.15) is 6.04 Å². The van der Waals surface area contributed by atoms with E-state index in [9.17, 15) is 4.79 Å². The smallest absolute Gasteiger partial charge is 0.241 e. The van der Waals surface area contributed by atoms with Crippen LogP contribution in [0.15, 0.2) is 42.7 Å². The first-order valence-corrected chi connectivity index (χ1v) is 7.41. The molecule has 5 heteroatoms. The van der Waals surface area contributed by atoms with Gasteiger partial charge in [-0.05, 0) is 30.0 Å². The average Bonchev–Trinajstić information content (AvgIpc) is 3.04. The van der Waals surface area contributed by atoms with E-state index in [2.05, 4.69) is 21.8 Å². The first-order chi connectivity index (χ1) is 10.3. The lowest BCUT2D eigenvalue weighted by molar-refractivity contribution is -0.123. The van der Waals surface area contributed by atoms with Gasteiger partial charge in [0, 0.05) is 32.0 Å². The number of nitrogens with one attached hydrogen (secondary N) is 2. The quantitative estimate of drug-likeness (QED) is 0.813. The lowest BCUT2D eigenvalue weighted by Gasteiger charge is -2.26. The maximum absolute atomic E-state index is 12.3. The van der Waals surface area contributed by atoms with Crippen LogP contribution in [0.2, 0.25) is 0 Å². The molecule has 3 rings (SSSR count). The van der Waals surface area contributed by atoms with E-state index in [1.54, 1.807) is 6.20 Å². The Morgan fingerprint density at radius 1 is 1.38 bits per heavy atom. The number of nitrogens with zero attached hydrogens (tertiary/aromatic N) is 2. The van der Waals surface area contributed by atoms with Gasteiger partial charge in [0.25, 0.3) is 0 Å². The summed E-state index contributed by atoms with van der Waals surface area (Å²) in [5, 5.41) is 10.5. The number of rotatable bonds is 5. The van der Waals surface area contributed by atoms with Crippen molar-refractivity contribution in [1.29, 1.82) is 0 Å². The summed E-state index contributed by atoms with van der Waals surface area (Å²) in [6, 6.07) is 9.85. The summed E-state index contributed by atoms with van der Waals surface area (Å²) in [5.74, 6) is 0.0580. The van der Waals surface area contributed by atoms with Crippen LogP contribution in [0.1, 0.15) is 23.6 Å². The number of fused-ring (bicyclic) bond motifs is 1. The summed E-state index contributed by atoms with van der Waals surface area (Å²) in [4.78, 5) is 12.3. The predicted octanol–water partition coefficient (Wildman–Crippen LogP) is 1.28. The predicted molar refractivity (Wildman–Crippen MR) is 80.7 cm³/mol. The van der Waals surface area contributed by atoms with E-state index >= 15 is 0 Å². The fourth-order valence-corrected chi connectivity index (χ4v) is 2.73. The molecule has 1 aromatic heterocycles. The molecule has 0 saturated heterocycles. The minimum Gasteiger partial charge on any atom is -0.354 e. The standard InChI is InChI=1S/C16H20N4O/c21-16(18-8-3-11-20-12-4-9-19-20)15-14-6-2-1-5-13(14)7-10-17-15/h1-2,4-6,9,12,15,17H,3,7-8,10-11H2,(H,18,21). The molecular weight excluding hydrogens is 264 g/mol. The molecule has 1 atom stereocenters. The van der Waals surface area contributed by atoms with Crippen LogP contribution in [-0.2, 0) is 17.8 Å². The third kappa shape index (κ3) is 3.31.